The maximum absolute atomic E-state index is 13.5. The Labute approximate surface area is 222 Å². The molecule has 5 aromatic rings. The molecule has 3 heterocycles. The molecule has 3 aromatic heterocycles. The van der Waals surface area contributed by atoms with Gasteiger partial charge in [0.05, 0.1) is 24.8 Å². The molecule has 0 bridgehead atoms. The van der Waals surface area contributed by atoms with E-state index in [0.29, 0.717) is 24.2 Å². The zero-order valence-corrected chi connectivity index (χ0v) is 20.8. The van der Waals surface area contributed by atoms with Gasteiger partial charge in [-0.2, -0.15) is 0 Å². The van der Waals surface area contributed by atoms with Gasteiger partial charge in [-0.3, -0.25) is 19.1 Å². The molecule has 0 spiro atoms. The molecule has 0 aliphatic heterocycles. The number of ketones is 1. The molecule has 0 aliphatic rings. The third-order valence-corrected chi connectivity index (χ3v) is 6.11. The Morgan fingerprint density at radius 3 is 2.69 bits per heavy atom. The number of pyridine rings is 1. The van der Waals surface area contributed by atoms with Gasteiger partial charge in [-0.15, -0.1) is 0 Å². The lowest BCUT2D eigenvalue weighted by molar-refractivity contribution is 0.0981. The van der Waals surface area contributed by atoms with E-state index < -0.39 is 17.2 Å². The quantitative estimate of drug-likeness (QED) is 0.248. The molecule has 194 valence electrons. The number of fused-ring (bicyclic) bond motifs is 1. The van der Waals surface area contributed by atoms with Gasteiger partial charge in [-0.05, 0) is 53.9 Å². The van der Waals surface area contributed by atoms with Gasteiger partial charge in [0.25, 0.3) is 5.56 Å². The van der Waals surface area contributed by atoms with E-state index in [2.05, 4.69) is 19.9 Å². The number of benzene rings is 2. The number of Topliss-reactive ketones (excluding diaryl/α,β-unsaturated/α-hetero) is 1. The van der Waals surface area contributed by atoms with Crippen molar-refractivity contribution in [2.24, 2.45) is 0 Å². The molecule has 0 unspecified atom stereocenters. The summed E-state index contributed by atoms with van der Waals surface area (Å²) in [4.78, 5) is 42.8. The van der Waals surface area contributed by atoms with Gasteiger partial charge in [0.2, 0.25) is 0 Å². The largest absolute Gasteiger partial charge is 0.294 e. The monoisotopic (exact) mass is 523 g/mol. The van der Waals surface area contributed by atoms with E-state index in [4.69, 9.17) is 0 Å². The van der Waals surface area contributed by atoms with E-state index in [9.17, 15) is 18.4 Å². The van der Waals surface area contributed by atoms with Crippen LogP contribution < -0.4 is 5.56 Å². The molecule has 2 aromatic carbocycles. The van der Waals surface area contributed by atoms with E-state index in [1.165, 1.54) is 23.2 Å². The van der Waals surface area contributed by atoms with Gasteiger partial charge < -0.3 is 0 Å². The van der Waals surface area contributed by atoms with E-state index in [1.807, 2.05) is 48.6 Å². The average Bonchev–Trinajstić information content (AvgIpc) is 2.94. The highest BCUT2D eigenvalue weighted by Gasteiger charge is 2.13. The summed E-state index contributed by atoms with van der Waals surface area (Å²) in [6.45, 7) is -0.0274. The number of hydrogen-bond donors (Lipinski definition) is 0. The second kappa shape index (κ2) is 11.6. The average molecular weight is 524 g/mol. The SMILES string of the molecule is O=C(CC/C=C/c1ccc2nc(Cc3ccccn3)ncc2c1)c1cncn(Cc2ccc(F)c(F)c2)c1=O. The van der Waals surface area contributed by atoms with Crippen LogP contribution in [0.5, 0.6) is 0 Å². The van der Waals surface area contributed by atoms with Crippen molar-refractivity contribution in [3.05, 3.63) is 136 Å². The Morgan fingerprint density at radius 2 is 1.87 bits per heavy atom. The van der Waals surface area contributed by atoms with Crippen molar-refractivity contribution in [2.45, 2.75) is 25.8 Å². The van der Waals surface area contributed by atoms with Gasteiger partial charge in [-0.1, -0.05) is 30.4 Å². The number of nitrogens with zero attached hydrogens (tertiary/aromatic N) is 5. The number of aromatic nitrogens is 5. The van der Waals surface area contributed by atoms with Crippen LogP contribution in [0, 0.1) is 11.6 Å². The molecule has 7 nitrogen and oxygen atoms in total. The summed E-state index contributed by atoms with van der Waals surface area (Å²) >= 11 is 0. The minimum atomic E-state index is -1.00. The summed E-state index contributed by atoms with van der Waals surface area (Å²) in [6, 6.07) is 15.0. The number of halogens is 2. The van der Waals surface area contributed by atoms with Crippen molar-refractivity contribution >= 4 is 22.8 Å². The Bertz CT molecular complexity index is 1740. The van der Waals surface area contributed by atoms with E-state index in [-0.39, 0.29) is 24.3 Å². The molecule has 0 fully saturated rings. The second-order valence-electron chi connectivity index (χ2n) is 8.96. The predicted octanol–water partition coefficient (Wildman–Crippen LogP) is 5.18. The maximum Gasteiger partial charge on any atom is 0.264 e. The van der Waals surface area contributed by atoms with Gasteiger partial charge in [-0.25, -0.2) is 23.7 Å². The van der Waals surface area contributed by atoms with Gasteiger partial charge >= 0.3 is 0 Å². The molecule has 0 amide bonds. The fourth-order valence-electron chi connectivity index (χ4n) is 4.10. The zero-order valence-electron chi connectivity index (χ0n) is 20.8. The summed E-state index contributed by atoms with van der Waals surface area (Å²) in [5, 5.41) is 0.898. The topological polar surface area (TPSA) is 90.6 Å². The zero-order chi connectivity index (χ0) is 27.2. The normalized spacial score (nSPS) is 11.3. The number of hydrogen-bond acceptors (Lipinski definition) is 6. The van der Waals surface area contributed by atoms with Crippen molar-refractivity contribution in [2.75, 3.05) is 0 Å². The van der Waals surface area contributed by atoms with E-state index in [1.54, 1.807) is 12.4 Å². The standard InChI is InChI=1S/C30H23F2N5O2/c31-25-10-8-21(14-26(25)32)18-37-19-33-17-24(30(37)39)28(38)7-2-1-5-20-9-11-27-22(13-20)16-35-29(36-27)15-23-6-3-4-12-34-23/h1,3-6,8-14,16-17,19H,2,7,15,18H2/b5-1+. The molecule has 0 atom stereocenters. The molecule has 5 rings (SSSR count). The fourth-order valence-corrected chi connectivity index (χ4v) is 4.10. The lowest BCUT2D eigenvalue weighted by atomic mass is 10.1. The van der Waals surface area contributed by atoms with Crippen LogP contribution in [0.25, 0.3) is 17.0 Å². The first-order chi connectivity index (χ1) is 19.0. The minimum absolute atomic E-state index is 0.0274. The predicted molar refractivity (Wildman–Crippen MR) is 143 cm³/mol. The summed E-state index contributed by atoms with van der Waals surface area (Å²) in [7, 11) is 0. The number of rotatable bonds is 9. The highest BCUT2D eigenvalue weighted by molar-refractivity contribution is 5.95. The lowest BCUT2D eigenvalue weighted by Crippen LogP contribution is -2.27. The van der Waals surface area contributed by atoms with Crippen LogP contribution in [0.4, 0.5) is 8.78 Å². The minimum Gasteiger partial charge on any atom is -0.294 e. The highest BCUT2D eigenvalue weighted by Crippen LogP contribution is 2.16. The molecule has 0 radical (unpaired) electrons. The molecular weight excluding hydrogens is 500 g/mol. The Kier molecular flexibility index (Phi) is 7.68. The van der Waals surface area contributed by atoms with Crippen LogP contribution in [0.2, 0.25) is 0 Å². The van der Waals surface area contributed by atoms with Gasteiger partial charge in [0, 0.05) is 36.1 Å². The van der Waals surface area contributed by atoms with Crippen LogP contribution in [0.3, 0.4) is 0 Å². The van der Waals surface area contributed by atoms with E-state index >= 15 is 0 Å². The third kappa shape index (κ3) is 6.32. The summed E-state index contributed by atoms with van der Waals surface area (Å²) in [5.74, 6) is -1.62. The fraction of sp³-hybridized carbons (Fsp3) is 0.133. The Hall–Kier alpha value is -4.92. The van der Waals surface area contributed by atoms with Crippen molar-refractivity contribution in [3.63, 3.8) is 0 Å². The highest BCUT2D eigenvalue weighted by atomic mass is 19.2. The summed E-state index contributed by atoms with van der Waals surface area (Å²) in [5.41, 5.74) is 2.49. The Balaban J connectivity index is 1.20. The molecule has 39 heavy (non-hydrogen) atoms. The number of carbonyl (C=O) groups excluding carboxylic acids is 1. The van der Waals surface area contributed by atoms with Crippen molar-refractivity contribution in [3.8, 4) is 0 Å². The van der Waals surface area contributed by atoms with Crippen molar-refractivity contribution in [1.29, 1.82) is 0 Å². The van der Waals surface area contributed by atoms with Gasteiger partial charge in [0.15, 0.2) is 17.4 Å². The molecule has 9 heteroatoms. The molecule has 0 saturated heterocycles. The van der Waals surface area contributed by atoms with E-state index in [0.717, 1.165) is 34.3 Å². The van der Waals surface area contributed by atoms with Crippen LogP contribution >= 0.6 is 0 Å². The first-order valence-corrected chi connectivity index (χ1v) is 12.3. The first kappa shape index (κ1) is 25.7. The van der Waals surface area contributed by atoms with Crippen LogP contribution in [-0.4, -0.2) is 30.3 Å². The van der Waals surface area contributed by atoms with Crippen molar-refractivity contribution in [1.82, 2.24) is 24.5 Å². The number of allylic oxidation sites excluding steroid dienone is 1. The molecule has 0 saturated carbocycles. The summed E-state index contributed by atoms with van der Waals surface area (Å²) in [6.07, 6.45) is 10.9. The smallest absolute Gasteiger partial charge is 0.264 e. The molecule has 0 aliphatic carbocycles. The second-order valence-corrected chi connectivity index (χ2v) is 8.96. The van der Waals surface area contributed by atoms with Crippen LogP contribution in [0.1, 0.15) is 45.8 Å². The Morgan fingerprint density at radius 1 is 0.974 bits per heavy atom. The lowest BCUT2D eigenvalue weighted by Gasteiger charge is -2.07. The maximum atomic E-state index is 13.5. The number of carbonyl (C=O) groups is 1. The molecule has 0 N–H and O–H groups in total. The van der Waals surface area contributed by atoms with Gasteiger partial charge in [0.1, 0.15) is 11.4 Å². The summed E-state index contributed by atoms with van der Waals surface area (Å²) < 4.78 is 27.9. The van der Waals surface area contributed by atoms with Crippen LogP contribution in [0.15, 0.2) is 90.4 Å². The first-order valence-electron chi connectivity index (χ1n) is 12.3. The third-order valence-electron chi connectivity index (χ3n) is 6.11. The van der Waals surface area contributed by atoms with Crippen LogP contribution in [-0.2, 0) is 13.0 Å². The molecular formula is C30H23F2N5O2. The van der Waals surface area contributed by atoms with Crippen molar-refractivity contribution < 1.29 is 13.6 Å².